The molecule has 0 saturated carbocycles. The summed E-state index contributed by atoms with van der Waals surface area (Å²) in [6.07, 6.45) is 18.2. The summed E-state index contributed by atoms with van der Waals surface area (Å²) in [7, 11) is 0. The van der Waals surface area contributed by atoms with Crippen LogP contribution in [0.25, 0.3) is 0 Å². The number of carbonyl (C=O) groups excluding carboxylic acids is 2. The van der Waals surface area contributed by atoms with Crippen molar-refractivity contribution < 1.29 is 24.2 Å². The van der Waals surface area contributed by atoms with Gasteiger partial charge >= 0.3 is 11.9 Å². The second-order valence-corrected chi connectivity index (χ2v) is 7.26. The third-order valence-electron chi connectivity index (χ3n) is 4.65. The van der Waals surface area contributed by atoms with Gasteiger partial charge in [-0.3, -0.25) is 9.59 Å². The summed E-state index contributed by atoms with van der Waals surface area (Å²) in [4.78, 5) is 22.7. The molecule has 0 aromatic heterocycles. The second-order valence-electron chi connectivity index (χ2n) is 7.26. The van der Waals surface area contributed by atoms with Crippen LogP contribution in [0.5, 0.6) is 0 Å². The third kappa shape index (κ3) is 21.1. The van der Waals surface area contributed by atoms with Crippen LogP contribution in [-0.4, -0.2) is 36.9 Å². The molecule has 0 aromatic rings. The molecule has 0 bridgehead atoms. The molecule has 5 heteroatoms. The van der Waals surface area contributed by atoms with Gasteiger partial charge in [-0.15, -0.1) is 0 Å². The maximum Gasteiger partial charge on any atom is 0.306 e. The lowest BCUT2D eigenvalue weighted by Gasteiger charge is -2.05. The SMILES string of the molecule is CCCCCCCCCCCCCCCCOC(=O)CCC(=O)OCCO. The Morgan fingerprint density at radius 1 is 0.593 bits per heavy atom. The Kier molecular flexibility index (Phi) is 20.3. The quantitative estimate of drug-likeness (QED) is 0.226. The van der Waals surface area contributed by atoms with E-state index in [9.17, 15) is 9.59 Å². The molecule has 0 rings (SSSR count). The van der Waals surface area contributed by atoms with E-state index in [-0.39, 0.29) is 32.0 Å². The van der Waals surface area contributed by atoms with Crippen LogP contribution < -0.4 is 0 Å². The van der Waals surface area contributed by atoms with Gasteiger partial charge in [-0.1, -0.05) is 90.4 Å². The molecule has 0 fully saturated rings. The largest absolute Gasteiger partial charge is 0.466 e. The lowest BCUT2D eigenvalue weighted by molar-refractivity contribution is -0.150. The standard InChI is InChI=1S/C22H42O5/c1-2-3-4-5-6-7-8-9-10-11-12-13-14-15-19-26-21(24)16-17-22(25)27-20-18-23/h23H,2-20H2,1H3. The molecule has 0 atom stereocenters. The van der Waals surface area contributed by atoms with Crippen molar-refractivity contribution in [1.29, 1.82) is 0 Å². The first-order valence-electron chi connectivity index (χ1n) is 11.1. The fraction of sp³-hybridized carbons (Fsp3) is 0.909. The van der Waals surface area contributed by atoms with Crippen molar-refractivity contribution in [2.24, 2.45) is 0 Å². The first kappa shape index (κ1) is 25.9. The van der Waals surface area contributed by atoms with Crippen LogP contribution in [-0.2, 0) is 19.1 Å². The summed E-state index contributed by atoms with van der Waals surface area (Å²) in [5.41, 5.74) is 0. The number of rotatable bonds is 20. The van der Waals surface area contributed by atoms with Crippen molar-refractivity contribution in [3.05, 3.63) is 0 Å². The van der Waals surface area contributed by atoms with E-state index in [0.717, 1.165) is 12.8 Å². The zero-order chi connectivity index (χ0) is 20.0. The molecule has 0 heterocycles. The highest BCUT2D eigenvalue weighted by atomic mass is 16.5. The zero-order valence-corrected chi connectivity index (χ0v) is 17.5. The van der Waals surface area contributed by atoms with Gasteiger partial charge in [0.25, 0.3) is 0 Å². The van der Waals surface area contributed by atoms with E-state index in [1.54, 1.807) is 0 Å². The van der Waals surface area contributed by atoms with Crippen LogP contribution >= 0.6 is 0 Å². The molecule has 160 valence electrons. The fourth-order valence-electron chi connectivity index (χ4n) is 2.99. The molecule has 1 N–H and O–H groups in total. The number of aliphatic hydroxyl groups excluding tert-OH is 1. The molecule has 5 nitrogen and oxygen atoms in total. The number of aliphatic hydroxyl groups is 1. The minimum absolute atomic E-state index is 0.0115. The van der Waals surface area contributed by atoms with Crippen LogP contribution in [0.4, 0.5) is 0 Å². The maximum atomic E-state index is 11.5. The Hall–Kier alpha value is -1.10. The number of esters is 2. The van der Waals surface area contributed by atoms with Crippen LogP contribution in [0.1, 0.15) is 110 Å². The van der Waals surface area contributed by atoms with Crippen molar-refractivity contribution >= 4 is 11.9 Å². The van der Waals surface area contributed by atoms with E-state index >= 15 is 0 Å². The van der Waals surface area contributed by atoms with Crippen molar-refractivity contribution in [3.8, 4) is 0 Å². The first-order chi connectivity index (χ1) is 13.2. The van der Waals surface area contributed by atoms with E-state index in [1.807, 2.05) is 0 Å². The van der Waals surface area contributed by atoms with Crippen LogP contribution in [0.2, 0.25) is 0 Å². The summed E-state index contributed by atoms with van der Waals surface area (Å²) in [6, 6.07) is 0. The number of carbonyl (C=O) groups is 2. The average Bonchev–Trinajstić information content (AvgIpc) is 2.67. The van der Waals surface area contributed by atoms with Crippen molar-refractivity contribution in [3.63, 3.8) is 0 Å². The van der Waals surface area contributed by atoms with Gasteiger partial charge in [0.15, 0.2) is 0 Å². The topological polar surface area (TPSA) is 72.8 Å². The highest BCUT2D eigenvalue weighted by Crippen LogP contribution is 2.13. The van der Waals surface area contributed by atoms with E-state index in [0.29, 0.717) is 6.61 Å². The summed E-state index contributed by atoms with van der Waals surface area (Å²) >= 11 is 0. The molecule has 0 aliphatic carbocycles. The van der Waals surface area contributed by atoms with Crippen LogP contribution in [0.3, 0.4) is 0 Å². The first-order valence-corrected chi connectivity index (χ1v) is 11.1. The van der Waals surface area contributed by atoms with Gasteiger partial charge in [0.2, 0.25) is 0 Å². The lowest BCUT2D eigenvalue weighted by Crippen LogP contribution is -2.12. The molecule has 0 amide bonds. The van der Waals surface area contributed by atoms with Crippen LogP contribution in [0, 0.1) is 0 Å². The molecule has 0 spiro atoms. The predicted molar refractivity (Wildman–Crippen MR) is 109 cm³/mol. The molecule has 0 unspecified atom stereocenters. The average molecular weight is 387 g/mol. The molecule has 0 saturated heterocycles. The molecule has 0 radical (unpaired) electrons. The Balaban J connectivity index is 3.20. The molecule has 0 aliphatic heterocycles. The van der Waals surface area contributed by atoms with Gasteiger partial charge < -0.3 is 14.6 Å². The summed E-state index contributed by atoms with van der Waals surface area (Å²) in [5.74, 6) is -0.830. The van der Waals surface area contributed by atoms with Crippen molar-refractivity contribution in [2.75, 3.05) is 19.8 Å². The minimum atomic E-state index is -0.475. The molecule has 27 heavy (non-hydrogen) atoms. The number of hydrogen-bond acceptors (Lipinski definition) is 5. The predicted octanol–water partition coefficient (Wildman–Crippen LogP) is 5.33. The summed E-state index contributed by atoms with van der Waals surface area (Å²) < 4.78 is 9.78. The number of hydrogen-bond donors (Lipinski definition) is 1. The lowest BCUT2D eigenvalue weighted by atomic mass is 10.0. The summed E-state index contributed by atoms with van der Waals surface area (Å²) in [5, 5.41) is 8.53. The second kappa shape index (κ2) is 21.2. The van der Waals surface area contributed by atoms with E-state index in [4.69, 9.17) is 9.84 Å². The van der Waals surface area contributed by atoms with Crippen LogP contribution in [0.15, 0.2) is 0 Å². The smallest absolute Gasteiger partial charge is 0.306 e. The summed E-state index contributed by atoms with van der Waals surface area (Å²) in [6.45, 7) is 2.47. The molecular weight excluding hydrogens is 344 g/mol. The van der Waals surface area contributed by atoms with E-state index < -0.39 is 5.97 Å². The van der Waals surface area contributed by atoms with E-state index in [1.165, 1.54) is 77.0 Å². The van der Waals surface area contributed by atoms with Gasteiger partial charge in [-0.05, 0) is 6.42 Å². The molecule has 0 aromatic carbocycles. The Bertz CT molecular complexity index is 344. The molecular formula is C22H42O5. The zero-order valence-electron chi connectivity index (χ0n) is 17.5. The maximum absolute atomic E-state index is 11.5. The highest BCUT2D eigenvalue weighted by Gasteiger charge is 2.08. The van der Waals surface area contributed by atoms with Gasteiger partial charge in [-0.2, -0.15) is 0 Å². The third-order valence-corrected chi connectivity index (χ3v) is 4.65. The Morgan fingerprint density at radius 2 is 0.963 bits per heavy atom. The Labute approximate surface area is 166 Å². The highest BCUT2D eigenvalue weighted by molar-refractivity contribution is 5.77. The van der Waals surface area contributed by atoms with Gasteiger partial charge in [-0.25, -0.2) is 0 Å². The van der Waals surface area contributed by atoms with Gasteiger partial charge in [0, 0.05) is 0 Å². The Morgan fingerprint density at radius 3 is 1.37 bits per heavy atom. The van der Waals surface area contributed by atoms with Crippen molar-refractivity contribution in [1.82, 2.24) is 0 Å². The van der Waals surface area contributed by atoms with E-state index in [2.05, 4.69) is 11.7 Å². The molecule has 0 aliphatic rings. The fourth-order valence-corrected chi connectivity index (χ4v) is 2.99. The number of ether oxygens (including phenoxy) is 2. The monoisotopic (exact) mass is 386 g/mol. The van der Waals surface area contributed by atoms with Gasteiger partial charge in [0.05, 0.1) is 26.1 Å². The minimum Gasteiger partial charge on any atom is -0.466 e. The van der Waals surface area contributed by atoms with Crippen molar-refractivity contribution in [2.45, 2.75) is 110 Å². The normalized spacial score (nSPS) is 10.7. The van der Waals surface area contributed by atoms with Gasteiger partial charge in [0.1, 0.15) is 6.61 Å². The number of unbranched alkanes of at least 4 members (excludes halogenated alkanes) is 13.